The van der Waals surface area contributed by atoms with Crippen LogP contribution in [0.15, 0.2) is 40.0 Å². The molecule has 156 valence electrons. The van der Waals surface area contributed by atoms with Gasteiger partial charge < -0.3 is 14.4 Å². The van der Waals surface area contributed by atoms with E-state index < -0.39 is 16.1 Å². The van der Waals surface area contributed by atoms with Crippen LogP contribution in [0.4, 0.5) is 4.79 Å². The number of methoxy groups -OCH3 is 1. The zero-order valence-corrected chi connectivity index (χ0v) is 16.9. The van der Waals surface area contributed by atoms with E-state index in [1.54, 1.807) is 19.1 Å². The van der Waals surface area contributed by atoms with Gasteiger partial charge in [-0.1, -0.05) is 0 Å². The molecule has 1 amide bonds. The molecule has 1 saturated heterocycles. The van der Waals surface area contributed by atoms with Gasteiger partial charge in [-0.05, 0) is 31.2 Å². The summed E-state index contributed by atoms with van der Waals surface area (Å²) in [7, 11) is -2.48. The molecule has 0 aliphatic carbocycles. The third kappa shape index (κ3) is 4.40. The summed E-state index contributed by atoms with van der Waals surface area (Å²) in [5, 5.41) is 6.27. The van der Waals surface area contributed by atoms with Crippen LogP contribution >= 0.6 is 0 Å². The Hall–Kier alpha value is -2.92. The van der Waals surface area contributed by atoms with Gasteiger partial charge >= 0.3 is 6.09 Å². The second kappa shape index (κ2) is 8.62. The first-order valence-electron chi connectivity index (χ1n) is 9.03. The van der Waals surface area contributed by atoms with Crippen molar-refractivity contribution in [3.8, 4) is 17.0 Å². The second-order valence-electron chi connectivity index (χ2n) is 6.26. The first-order valence-corrected chi connectivity index (χ1v) is 10.5. The minimum absolute atomic E-state index is 0.00455. The number of aromatic nitrogens is 2. The molecule has 0 unspecified atom stereocenters. The number of amides is 1. The number of rotatable bonds is 5. The van der Waals surface area contributed by atoms with E-state index in [0.717, 1.165) is 0 Å². The van der Waals surface area contributed by atoms with Crippen molar-refractivity contribution in [2.24, 2.45) is 0 Å². The molecule has 2 heterocycles. The van der Waals surface area contributed by atoms with Crippen LogP contribution in [0.25, 0.3) is 11.3 Å². The van der Waals surface area contributed by atoms with Gasteiger partial charge in [-0.3, -0.25) is 4.79 Å². The van der Waals surface area contributed by atoms with Gasteiger partial charge in [-0.15, -0.1) is 0 Å². The Kier molecular flexibility index (Phi) is 6.18. The van der Waals surface area contributed by atoms with Gasteiger partial charge in [0, 0.05) is 37.8 Å². The molecule has 0 radical (unpaired) electrons. The molecule has 1 aliphatic heterocycles. The lowest BCUT2D eigenvalue weighted by molar-refractivity contribution is 0.0934. The van der Waals surface area contributed by atoms with Crippen molar-refractivity contribution >= 4 is 16.1 Å². The summed E-state index contributed by atoms with van der Waals surface area (Å²) < 4.78 is 38.0. The van der Waals surface area contributed by atoms with Crippen molar-refractivity contribution in [1.29, 1.82) is 0 Å². The van der Waals surface area contributed by atoms with E-state index in [2.05, 4.69) is 10.2 Å². The van der Waals surface area contributed by atoms with Crippen molar-refractivity contribution in [3.63, 3.8) is 0 Å². The molecule has 1 N–H and O–H groups in total. The first kappa shape index (κ1) is 20.8. The third-order valence-corrected chi connectivity index (χ3v) is 6.44. The van der Waals surface area contributed by atoms with Gasteiger partial charge in [0.25, 0.3) is 5.56 Å². The van der Waals surface area contributed by atoms with E-state index in [1.807, 2.05) is 0 Å². The van der Waals surface area contributed by atoms with E-state index >= 15 is 0 Å². The molecule has 1 aromatic carbocycles. The molecular weight excluding hydrogens is 400 g/mol. The summed E-state index contributed by atoms with van der Waals surface area (Å²) in [5.41, 5.74) is 0.594. The standard InChI is InChI=1S/C18H22N4O6S/c1-3-28-18(24)21-8-10-22(11-9-21)29(25,26)16-12-13(4-6-15(16)27-2)14-5-7-17(23)20-19-14/h4-7,12H,3,8-11H2,1-2H3,(H,20,23). The minimum atomic E-state index is -3.88. The van der Waals surface area contributed by atoms with E-state index in [0.29, 0.717) is 11.3 Å². The van der Waals surface area contributed by atoms with E-state index in [9.17, 15) is 18.0 Å². The maximum atomic E-state index is 13.2. The molecule has 11 heteroatoms. The zero-order chi connectivity index (χ0) is 21.0. The summed E-state index contributed by atoms with van der Waals surface area (Å²) in [5.74, 6) is 0.200. The predicted octanol–water partition coefficient (Wildman–Crippen LogP) is 0.908. The van der Waals surface area contributed by atoms with Crippen LogP contribution in [0, 0.1) is 0 Å². The molecule has 0 bridgehead atoms. The number of carbonyl (C=O) groups is 1. The summed E-state index contributed by atoms with van der Waals surface area (Å²) >= 11 is 0. The maximum absolute atomic E-state index is 13.2. The number of sulfonamides is 1. The highest BCUT2D eigenvalue weighted by Crippen LogP contribution is 2.31. The quantitative estimate of drug-likeness (QED) is 0.760. The van der Waals surface area contributed by atoms with Gasteiger partial charge in [-0.2, -0.15) is 9.40 Å². The first-order chi connectivity index (χ1) is 13.9. The van der Waals surface area contributed by atoms with Crippen LogP contribution in [-0.4, -0.2) is 73.8 Å². The fourth-order valence-corrected chi connectivity index (χ4v) is 4.61. The van der Waals surface area contributed by atoms with Crippen LogP contribution in [0.2, 0.25) is 0 Å². The number of benzene rings is 1. The number of hydrogen-bond acceptors (Lipinski definition) is 7. The lowest BCUT2D eigenvalue weighted by Gasteiger charge is -2.33. The molecule has 29 heavy (non-hydrogen) atoms. The molecule has 3 rings (SSSR count). The number of hydrogen-bond donors (Lipinski definition) is 1. The monoisotopic (exact) mass is 422 g/mol. The fourth-order valence-electron chi connectivity index (χ4n) is 3.01. The van der Waals surface area contributed by atoms with Gasteiger partial charge in [0.15, 0.2) is 0 Å². The molecule has 2 aromatic rings. The largest absolute Gasteiger partial charge is 0.495 e. The zero-order valence-electron chi connectivity index (χ0n) is 16.1. The average molecular weight is 422 g/mol. The molecule has 0 atom stereocenters. The Morgan fingerprint density at radius 3 is 2.48 bits per heavy atom. The second-order valence-corrected chi connectivity index (χ2v) is 8.17. The summed E-state index contributed by atoms with van der Waals surface area (Å²) in [6, 6.07) is 7.50. The fraction of sp³-hybridized carbons (Fsp3) is 0.389. The normalized spacial score (nSPS) is 15.2. The Morgan fingerprint density at radius 1 is 1.17 bits per heavy atom. The molecule has 0 spiro atoms. The van der Waals surface area contributed by atoms with Crippen LogP contribution < -0.4 is 10.3 Å². The van der Waals surface area contributed by atoms with Gasteiger partial charge in [-0.25, -0.2) is 18.3 Å². The number of H-pyrrole nitrogens is 1. The third-order valence-electron chi connectivity index (χ3n) is 4.52. The number of carbonyl (C=O) groups excluding carboxylic acids is 1. The van der Waals surface area contributed by atoms with Crippen LogP contribution in [0.5, 0.6) is 5.75 Å². The number of nitrogens with zero attached hydrogens (tertiary/aromatic N) is 3. The highest BCUT2D eigenvalue weighted by Gasteiger charge is 2.32. The SMILES string of the molecule is CCOC(=O)N1CCN(S(=O)(=O)c2cc(-c3ccc(=O)[nH]n3)ccc2OC)CC1. The number of nitrogens with one attached hydrogen (secondary N) is 1. The van der Waals surface area contributed by atoms with E-state index in [4.69, 9.17) is 9.47 Å². The number of ether oxygens (including phenoxy) is 2. The Bertz CT molecular complexity index is 1020. The summed E-state index contributed by atoms with van der Waals surface area (Å²) in [6.45, 7) is 2.75. The Labute approximate surface area is 168 Å². The Balaban J connectivity index is 1.88. The smallest absolute Gasteiger partial charge is 0.409 e. The van der Waals surface area contributed by atoms with Crippen LogP contribution in [-0.2, 0) is 14.8 Å². The van der Waals surface area contributed by atoms with Crippen molar-refractivity contribution in [1.82, 2.24) is 19.4 Å². The van der Waals surface area contributed by atoms with Gasteiger partial charge in [0.1, 0.15) is 10.6 Å². The average Bonchev–Trinajstić information content (AvgIpc) is 2.74. The lowest BCUT2D eigenvalue weighted by Crippen LogP contribution is -2.50. The minimum Gasteiger partial charge on any atom is -0.495 e. The van der Waals surface area contributed by atoms with Crippen LogP contribution in [0.1, 0.15) is 6.92 Å². The topological polar surface area (TPSA) is 122 Å². The predicted molar refractivity (Wildman–Crippen MR) is 104 cm³/mol. The van der Waals surface area contributed by atoms with Crippen LogP contribution in [0.3, 0.4) is 0 Å². The summed E-state index contributed by atoms with van der Waals surface area (Å²) in [4.78, 5) is 24.5. The molecule has 0 saturated carbocycles. The molecule has 1 aliphatic rings. The Morgan fingerprint density at radius 2 is 1.90 bits per heavy atom. The van der Waals surface area contributed by atoms with Gasteiger partial charge in [0.05, 0.1) is 19.4 Å². The van der Waals surface area contributed by atoms with Crippen molar-refractivity contribution in [2.45, 2.75) is 11.8 Å². The number of aromatic amines is 1. The maximum Gasteiger partial charge on any atom is 0.409 e. The van der Waals surface area contributed by atoms with Crippen molar-refractivity contribution in [3.05, 3.63) is 40.7 Å². The molecule has 1 aromatic heterocycles. The molecule has 1 fully saturated rings. The molecular formula is C18H22N4O6S. The van der Waals surface area contributed by atoms with Crippen molar-refractivity contribution in [2.75, 3.05) is 39.9 Å². The highest BCUT2D eigenvalue weighted by atomic mass is 32.2. The highest BCUT2D eigenvalue weighted by molar-refractivity contribution is 7.89. The van der Waals surface area contributed by atoms with E-state index in [1.165, 1.54) is 34.5 Å². The van der Waals surface area contributed by atoms with E-state index in [-0.39, 0.29) is 49.0 Å². The lowest BCUT2D eigenvalue weighted by atomic mass is 10.1. The summed E-state index contributed by atoms with van der Waals surface area (Å²) in [6.07, 6.45) is -0.451. The molecule has 10 nitrogen and oxygen atoms in total. The number of piperazine rings is 1. The van der Waals surface area contributed by atoms with Gasteiger partial charge in [0.2, 0.25) is 10.0 Å². The van der Waals surface area contributed by atoms with Crippen molar-refractivity contribution < 1.29 is 22.7 Å².